The standard InChI is InChI=1S/C24H20FN5O4/c25-16-2-1-3-17-18(16)15(13-27-17)21(31)24(34)30-10-8-29(9-11-30)20-19(22(32)23(20)33)28-12-14-4-6-26-7-5-14/h1-7,13,27-28H,8-12H2. The van der Waals surface area contributed by atoms with Gasteiger partial charge in [-0.1, -0.05) is 6.07 Å². The highest BCUT2D eigenvalue weighted by atomic mass is 19.1. The van der Waals surface area contributed by atoms with Gasteiger partial charge in [0.15, 0.2) is 0 Å². The molecule has 3 heterocycles. The summed E-state index contributed by atoms with van der Waals surface area (Å²) in [4.78, 5) is 59.9. The fourth-order valence-electron chi connectivity index (χ4n) is 4.25. The highest BCUT2D eigenvalue weighted by molar-refractivity contribution is 6.44. The van der Waals surface area contributed by atoms with Crippen molar-refractivity contribution in [2.45, 2.75) is 6.54 Å². The lowest BCUT2D eigenvalue weighted by atomic mass is 10.1. The number of rotatable bonds is 6. The van der Waals surface area contributed by atoms with Gasteiger partial charge in [-0.25, -0.2) is 4.39 Å². The first-order valence-electron chi connectivity index (χ1n) is 10.8. The Bertz CT molecular complexity index is 1460. The summed E-state index contributed by atoms with van der Waals surface area (Å²) in [6, 6.07) is 7.99. The van der Waals surface area contributed by atoms with Gasteiger partial charge in [0.25, 0.3) is 22.5 Å². The number of fused-ring (bicyclic) bond motifs is 1. The molecule has 1 amide bonds. The molecule has 0 radical (unpaired) electrons. The van der Waals surface area contributed by atoms with Gasteiger partial charge in [-0.05, 0) is 29.8 Å². The summed E-state index contributed by atoms with van der Waals surface area (Å²) < 4.78 is 14.2. The van der Waals surface area contributed by atoms with Crippen LogP contribution in [0.1, 0.15) is 15.9 Å². The van der Waals surface area contributed by atoms with Gasteiger partial charge in [-0.3, -0.25) is 24.2 Å². The van der Waals surface area contributed by atoms with E-state index in [1.807, 2.05) is 0 Å². The fraction of sp³-hybridized carbons (Fsp3) is 0.208. The zero-order valence-corrected chi connectivity index (χ0v) is 18.0. The Balaban J connectivity index is 1.26. The largest absolute Gasteiger partial charge is 0.376 e. The number of halogens is 1. The quantitative estimate of drug-likeness (QED) is 0.330. The Hall–Kier alpha value is -4.34. The molecule has 0 spiro atoms. The highest BCUT2D eigenvalue weighted by Gasteiger charge is 2.32. The van der Waals surface area contributed by atoms with E-state index < -0.39 is 28.4 Å². The number of hydrogen-bond donors (Lipinski definition) is 2. The zero-order valence-electron chi connectivity index (χ0n) is 18.0. The maximum atomic E-state index is 14.2. The van der Waals surface area contributed by atoms with Gasteiger partial charge >= 0.3 is 0 Å². The average Bonchev–Trinajstić information content (AvgIpc) is 3.31. The molecule has 2 aromatic carbocycles. The Morgan fingerprint density at radius 3 is 2.50 bits per heavy atom. The van der Waals surface area contributed by atoms with Crippen LogP contribution in [0.15, 0.2) is 58.5 Å². The third-order valence-electron chi connectivity index (χ3n) is 6.08. The third-order valence-corrected chi connectivity index (χ3v) is 6.08. The summed E-state index contributed by atoms with van der Waals surface area (Å²) in [6.45, 7) is 1.33. The molecule has 0 atom stereocenters. The molecule has 10 heteroatoms. The first-order valence-corrected chi connectivity index (χ1v) is 10.8. The van der Waals surface area contributed by atoms with Gasteiger partial charge in [0.05, 0.1) is 5.56 Å². The summed E-state index contributed by atoms with van der Waals surface area (Å²) in [5.41, 5.74) is 0.764. The molecule has 5 rings (SSSR count). The lowest BCUT2D eigenvalue weighted by molar-refractivity contribution is -0.126. The molecule has 0 aliphatic carbocycles. The Labute approximate surface area is 192 Å². The first kappa shape index (κ1) is 21.5. The number of pyridine rings is 1. The van der Waals surface area contributed by atoms with Gasteiger partial charge in [0.2, 0.25) is 0 Å². The van der Waals surface area contributed by atoms with Crippen LogP contribution in [0.4, 0.5) is 15.8 Å². The number of nitrogens with zero attached hydrogens (tertiary/aromatic N) is 3. The van der Waals surface area contributed by atoms with E-state index in [1.54, 1.807) is 35.5 Å². The number of amides is 1. The minimum absolute atomic E-state index is 0.00870. The number of aromatic nitrogens is 2. The van der Waals surface area contributed by atoms with Crippen molar-refractivity contribution in [3.05, 3.63) is 86.3 Å². The van der Waals surface area contributed by atoms with Crippen LogP contribution in [0.5, 0.6) is 0 Å². The smallest absolute Gasteiger partial charge is 0.295 e. The third kappa shape index (κ3) is 3.62. The molecule has 1 aliphatic heterocycles. The molecule has 2 aromatic heterocycles. The van der Waals surface area contributed by atoms with Crippen molar-refractivity contribution in [3.63, 3.8) is 0 Å². The summed E-state index contributed by atoms with van der Waals surface area (Å²) in [5, 5.41) is 3.11. The SMILES string of the molecule is O=C(C(=O)N1CCN(c2c(NCc3ccncc3)c(=O)c2=O)CC1)c1c[nH]c2cccc(F)c12. The first-order chi connectivity index (χ1) is 16.5. The number of ketones is 1. The van der Waals surface area contributed by atoms with E-state index >= 15 is 0 Å². The van der Waals surface area contributed by atoms with Crippen LogP contribution in [-0.2, 0) is 11.3 Å². The number of carbonyl (C=O) groups excluding carboxylic acids is 2. The molecule has 4 aromatic rings. The van der Waals surface area contributed by atoms with Crippen LogP contribution >= 0.6 is 0 Å². The monoisotopic (exact) mass is 461 g/mol. The van der Waals surface area contributed by atoms with Crippen molar-refractivity contribution >= 4 is 34.0 Å². The van der Waals surface area contributed by atoms with Crippen LogP contribution in [0.25, 0.3) is 10.9 Å². The number of H-pyrrole nitrogens is 1. The maximum Gasteiger partial charge on any atom is 0.295 e. The van der Waals surface area contributed by atoms with Crippen molar-refractivity contribution in [1.29, 1.82) is 0 Å². The molecule has 2 N–H and O–H groups in total. The Kier molecular flexibility index (Phi) is 5.40. The van der Waals surface area contributed by atoms with Gasteiger partial charge < -0.3 is 20.1 Å². The molecule has 0 saturated carbocycles. The lowest BCUT2D eigenvalue weighted by Crippen LogP contribution is -2.54. The molecule has 34 heavy (non-hydrogen) atoms. The fourth-order valence-corrected chi connectivity index (χ4v) is 4.25. The van der Waals surface area contributed by atoms with Crippen LogP contribution in [0.3, 0.4) is 0 Å². The van der Waals surface area contributed by atoms with Crippen molar-refractivity contribution in [1.82, 2.24) is 14.9 Å². The molecule has 172 valence electrons. The summed E-state index contributed by atoms with van der Waals surface area (Å²) >= 11 is 0. The molecule has 0 unspecified atom stereocenters. The van der Waals surface area contributed by atoms with Crippen LogP contribution < -0.4 is 21.1 Å². The van der Waals surface area contributed by atoms with E-state index in [0.717, 1.165) is 5.56 Å². The van der Waals surface area contributed by atoms with E-state index in [9.17, 15) is 23.6 Å². The summed E-state index contributed by atoms with van der Waals surface area (Å²) in [6.07, 6.45) is 4.62. The van der Waals surface area contributed by atoms with Gasteiger partial charge in [0, 0.05) is 62.2 Å². The van der Waals surface area contributed by atoms with Crippen molar-refractivity contribution in [3.8, 4) is 0 Å². The predicted molar refractivity (Wildman–Crippen MR) is 124 cm³/mol. The predicted octanol–water partition coefficient (Wildman–Crippen LogP) is 1.44. The normalized spacial score (nSPS) is 14.0. The highest BCUT2D eigenvalue weighted by Crippen LogP contribution is 2.24. The number of aromatic amines is 1. The Morgan fingerprint density at radius 2 is 1.76 bits per heavy atom. The van der Waals surface area contributed by atoms with Crippen LogP contribution in [-0.4, -0.2) is 52.7 Å². The molecule has 9 nitrogen and oxygen atoms in total. The number of benzene rings is 1. The summed E-state index contributed by atoms with van der Waals surface area (Å²) in [7, 11) is 0. The van der Waals surface area contributed by atoms with Crippen molar-refractivity contribution < 1.29 is 14.0 Å². The van der Waals surface area contributed by atoms with Crippen molar-refractivity contribution in [2.75, 3.05) is 36.4 Å². The molecular formula is C24H20FN5O4. The molecular weight excluding hydrogens is 441 g/mol. The van der Waals surface area contributed by atoms with Gasteiger partial charge in [-0.15, -0.1) is 0 Å². The van der Waals surface area contributed by atoms with Crippen LogP contribution in [0.2, 0.25) is 0 Å². The number of nitrogens with one attached hydrogen (secondary N) is 2. The van der Waals surface area contributed by atoms with E-state index in [4.69, 9.17) is 0 Å². The van der Waals surface area contributed by atoms with E-state index in [0.29, 0.717) is 17.7 Å². The molecule has 1 aliphatic rings. The van der Waals surface area contributed by atoms with Crippen molar-refractivity contribution in [2.24, 2.45) is 0 Å². The number of carbonyl (C=O) groups is 2. The zero-order chi connectivity index (χ0) is 23.8. The molecule has 1 fully saturated rings. The van der Waals surface area contributed by atoms with Gasteiger partial charge in [0.1, 0.15) is 17.2 Å². The Morgan fingerprint density at radius 1 is 1.03 bits per heavy atom. The van der Waals surface area contributed by atoms with E-state index in [1.165, 1.54) is 23.2 Å². The maximum absolute atomic E-state index is 14.2. The second-order valence-electron chi connectivity index (χ2n) is 8.06. The second-order valence-corrected chi connectivity index (χ2v) is 8.06. The molecule has 0 bridgehead atoms. The van der Waals surface area contributed by atoms with E-state index in [-0.39, 0.29) is 42.8 Å². The number of hydrogen-bond acceptors (Lipinski definition) is 7. The topological polar surface area (TPSA) is 115 Å². The number of Topliss-reactive ketones (excluding diaryl/α,β-unsaturated/α-hetero) is 1. The summed E-state index contributed by atoms with van der Waals surface area (Å²) in [5.74, 6) is -2.10. The second kappa shape index (κ2) is 8.54. The van der Waals surface area contributed by atoms with E-state index in [2.05, 4.69) is 15.3 Å². The molecule has 1 saturated heterocycles. The minimum atomic E-state index is -0.793. The minimum Gasteiger partial charge on any atom is -0.376 e. The van der Waals surface area contributed by atoms with Crippen LogP contribution in [0, 0.1) is 5.82 Å². The lowest BCUT2D eigenvalue weighted by Gasteiger charge is -2.36. The average molecular weight is 461 g/mol. The number of anilines is 2. The number of piperazine rings is 1. The van der Waals surface area contributed by atoms with Gasteiger partial charge in [-0.2, -0.15) is 0 Å².